The van der Waals surface area contributed by atoms with Gasteiger partial charge >= 0.3 is 12.0 Å². The lowest BCUT2D eigenvalue weighted by Gasteiger charge is -2.20. The van der Waals surface area contributed by atoms with Crippen LogP contribution in [-0.2, 0) is 11.2 Å². The summed E-state index contributed by atoms with van der Waals surface area (Å²) in [6, 6.07) is 9.14. The van der Waals surface area contributed by atoms with Gasteiger partial charge in [0.15, 0.2) is 0 Å². The standard InChI is InChI=1S/C18H26N2O4/c21-16-8-4-7-14(16)12-19-18(24)20-15(9-10-17(22)23)11-13-5-2-1-3-6-13/h1-3,5-6,14-16,21H,4,7-12H2,(H,22,23)(H2,19,20,24). The van der Waals surface area contributed by atoms with E-state index in [-0.39, 0.29) is 30.5 Å². The molecule has 1 aliphatic rings. The topological polar surface area (TPSA) is 98.7 Å². The second kappa shape index (κ2) is 9.27. The first-order valence-electron chi connectivity index (χ1n) is 8.52. The number of aliphatic carboxylic acids is 1. The number of hydrogen-bond donors (Lipinski definition) is 4. The number of hydrogen-bond acceptors (Lipinski definition) is 3. The Balaban J connectivity index is 1.83. The molecule has 0 saturated heterocycles. The molecule has 132 valence electrons. The Morgan fingerprint density at radius 2 is 1.96 bits per heavy atom. The SMILES string of the molecule is O=C(O)CCC(Cc1ccccc1)NC(=O)NCC1CCCC1O. The van der Waals surface area contributed by atoms with Crippen molar-refractivity contribution >= 4 is 12.0 Å². The molecule has 1 fully saturated rings. The highest BCUT2D eigenvalue weighted by atomic mass is 16.4. The third kappa shape index (κ3) is 6.20. The van der Waals surface area contributed by atoms with Crippen LogP contribution < -0.4 is 10.6 Å². The average Bonchev–Trinajstić information content (AvgIpc) is 2.97. The van der Waals surface area contributed by atoms with E-state index in [1.807, 2.05) is 30.3 Å². The van der Waals surface area contributed by atoms with Crippen LogP contribution in [0.15, 0.2) is 30.3 Å². The summed E-state index contributed by atoms with van der Waals surface area (Å²) < 4.78 is 0. The maximum absolute atomic E-state index is 12.1. The summed E-state index contributed by atoms with van der Waals surface area (Å²) in [4.78, 5) is 22.9. The molecule has 0 bridgehead atoms. The largest absolute Gasteiger partial charge is 0.481 e. The number of rotatable bonds is 8. The van der Waals surface area contributed by atoms with Gasteiger partial charge in [-0.3, -0.25) is 4.79 Å². The number of nitrogens with one attached hydrogen (secondary N) is 2. The molecule has 0 heterocycles. The molecule has 0 aromatic heterocycles. The Labute approximate surface area is 142 Å². The third-order valence-electron chi connectivity index (χ3n) is 4.51. The van der Waals surface area contributed by atoms with Crippen LogP contribution in [0.25, 0.3) is 0 Å². The molecule has 3 unspecified atom stereocenters. The van der Waals surface area contributed by atoms with Crippen molar-refractivity contribution in [2.24, 2.45) is 5.92 Å². The van der Waals surface area contributed by atoms with Gasteiger partial charge in [0.1, 0.15) is 0 Å². The molecule has 0 radical (unpaired) electrons. The second-order valence-corrected chi connectivity index (χ2v) is 6.43. The molecule has 0 spiro atoms. The third-order valence-corrected chi connectivity index (χ3v) is 4.51. The smallest absolute Gasteiger partial charge is 0.315 e. The predicted molar refractivity (Wildman–Crippen MR) is 90.7 cm³/mol. The van der Waals surface area contributed by atoms with Crippen LogP contribution in [0.5, 0.6) is 0 Å². The first-order valence-corrected chi connectivity index (χ1v) is 8.52. The van der Waals surface area contributed by atoms with Crippen LogP contribution in [0.1, 0.15) is 37.7 Å². The normalized spacial score (nSPS) is 21.2. The highest BCUT2D eigenvalue weighted by Crippen LogP contribution is 2.24. The molecule has 4 N–H and O–H groups in total. The van der Waals surface area contributed by atoms with Crippen LogP contribution in [0.2, 0.25) is 0 Å². The maximum atomic E-state index is 12.1. The van der Waals surface area contributed by atoms with Gasteiger partial charge < -0.3 is 20.8 Å². The van der Waals surface area contributed by atoms with Crippen molar-refractivity contribution in [1.82, 2.24) is 10.6 Å². The molecule has 1 aliphatic carbocycles. The van der Waals surface area contributed by atoms with E-state index in [1.54, 1.807) is 0 Å². The number of carboxylic acid groups (broad SMARTS) is 1. The van der Waals surface area contributed by atoms with Crippen molar-refractivity contribution in [3.63, 3.8) is 0 Å². The van der Waals surface area contributed by atoms with E-state index in [0.717, 1.165) is 24.8 Å². The summed E-state index contributed by atoms with van der Waals surface area (Å²) in [5.74, 6) is -0.758. The van der Waals surface area contributed by atoms with Crippen LogP contribution >= 0.6 is 0 Å². The van der Waals surface area contributed by atoms with Gasteiger partial charge in [0.2, 0.25) is 0 Å². The number of aliphatic hydroxyl groups excluding tert-OH is 1. The molecule has 6 heteroatoms. The zero-order valence-electron chi connectivity index (χ0n) is 13.8. The molecule has 6 nitrogen and oxygen atoms in total. The lowest BCUT2D eigenvalue weighted by Crippen LogP contribution is -2.45. The zero-order chi connectivity index (χ0) is 17.4. The van der Waals surface area contributed by atoms with Gasteiger partial charge in [-0.25, -0.2) is 4.79 Å². The van der Waals surface area contributed by atoms with Gasteiger partial charge in [-0.05, 0) is 31.2 Å². The zero-order valence-corrected chi connectivity index (χ0v) is 13.8. The van der Waals surface area contributed by atoms with Gasteiger partial charge in [-0.1, -0.05) is 36.8 Å². The summed E-state index contributed by atoms with van der Waals surface area (Å²) in [7, 11) is 0. The van der Waals surface area contributed by atoms with E-state index in [2.05, 4.69) is 10.6 Å². The van der Waals surface area contributed by atoms with Gasteiger partial charge in [-0.15, -0.1) is 0 Å². The number of carboxylic acids is 1. The van der Waals surface area contributed by atoms with Crippen LogP contribution in [0.3, 0.4) is 0 Å². The second-order valence-electron chi connectivity index (χ2n) is 6.43. The summed E-state index contributed by atoms with van der Waals surface area (Å²) in [6.07, 6.45) is 3.36. The molecular formula is C18H26N2O4. The minimum absolute atomic E-state index is 0.0130. The molecule has 1 saturated carbocycles. The lowest BCUT2D eigenvalue weighted by atomic mass is 10.0. The van der Waals surface area contributed by atoms with Gasteiger partial charge in [0.25, 0.3) is 0 Å². The first kappa shape index (κ1) is 18.3. The van der Waals surface area contributed by atoms with Crippen LogP contribution in [-0.4, -0.2) is 40.9 Å². The van der Waals surface area contributed by atoms with E-state index in [9.17, 15) is 14.7 Å². The van der Waals surface area contributed by atoms with E-state index in [1.165, 1.54) is 0 Å². The fourth-order valence-corrected chi connectivity index (χ4v) is 3.14. The van der Waals surface area contributed by atoms with Crippen molar-refractivity contribution in [3.05, 3.63) is 35.9 Å². The highest BCUT2D eigenvalue weighted by molar-refractivity contribution is 5.74. The van der Waals surface area contributed by atoms with Crippen molar-refractivity contribution in [1.29, 1.82) is 0 Å². The van der Waals surface area contributed by atoms with Gasteiger partial charge in [0, 0.05) is 24.9 Å². The average molecular weight is 334 g/mol. The molecule has 2 rings (SSSR count). The number of carbonyl (C=O) groups excluding carboxylic acids is 1. The minimum atomic E-state index is -0.871. The molecule has 3 atom stereocenters. The number of benzene rings is 1. The summed E-state index contributed by atoms with van der Waals surface area (Å²) in [6.45, 7) is 0.448. The van der Waals surface area contributed by atoms with E-state index < -0.39 is 5.97 Å². The van der Waals surface area contributed by atoms with Crippen molar-refractivity contribution in [2.45, 2.75) is 50.7 Å². The van der Waals surface area contributed by atoms with Crippen molar-refractivity contribution in [2.75, 3.05) is 6.54 Å². The maximum Gasteiger partial charge on any atom is 0.315 e. The molecule has 0 aliphatic heterocycles. The molecule has 2 amide bonds. The predicted octanol–water partition coefficient (Wildman–Crippen LogP) is 1.92. The quantitative estimate of drug-likeness (QED) is 0.584. The van der Waals surface area contributed by atoms with E-state index >= 15 is 0 Å². The minimum Gasteiger partial charge on any atom is -0.481 e. The molecular weight excluding hydrogens is 308 g/mol. The first-order chi connectivity index (χ1) is 11.5. The Hall–Kier alpha value is -2.08. The van der Waals surface area contributed by atoms with Gasteiger partial charge in [-0.2, -0.15) is 0 Å². The van der Waals surface area contributed by atoms with E-state index in [0.29, 0.717) is 19.4 Å². The van der Waals surface area contributed by atoms with Crippen molar-refractivity contribution in [3.8, 4) is 0 Å². The summed E-state index contributed by atoms with van der Waals surface area (Å²) in [5, 5.41) is 24.3. The lowest BCUT2D eigenvalue weighted by molar-refractivity contribution is -0.137. The molecule has 1 aromatic carbocycles. The molecule has 24 heavy (non-hydrogen) atoms. The fourth-order valence-electron chi connectivity index (χ4n) is 3.14. The van der Waals surface area contributed by atoms with Gasteiger partial charge in [0.05, 0.1) is 6.10 Å². The summed E-state index contributed by atoms with van der Waals surface area (Å²) in [5.41, 5.74) is 1.06. The highest BCUT2D eigenvalue weighted by Gasteiger charge is 2.25. The monoisotopic (exact) mass is 334 g/mol. The van der Waals surface area contributed by atoms with Crippen LogP contribution in [0.4, 0.5) is 4.79 Å². The number of urea groups is 1. The fraction of sp³-hybridized carbons (Fsp3) is 0.556. The number of carbonyl (C=O) groups is 2. The van der Waals surface area contributed by atoms with Crippen molar-refractivity contribution < 1.29 is 19.8 Å². The number of aliphatic hydroxyl groups is 1. The Morgan fingerprint density at radius 3 is 2.58 bits per heavy atom. The number of amides is 2. The molecule has 1 aromatic rings. The van der Waals surface area contributed by atoms with Crippen LogP contribution in [0, 0.1) is 5.92 Å². The summed E-state index contributed by atoms with van der Waals surface area (Å²) >= 11 is 0. The Kier molecular flexibility index (Phi) is 7.06. The van der Waals surface area contributed by atoms with E-state index in [4.69, 9.17) is 5.11 Å². The Morgan fingerprint density at radius 1 is 1.21 bits per heavy atom. The Bertz CT molecular complexity index is 535.